The van der Waals surface area contributed by atoms with Crippen LogP contribution in [0.2, 0.25) is 0 Å². The SMILES string of the molecule is N#Cc1ccc(C[C@@H](NC(=O)C[C@@H](N)c2ccccc2)C(=O)N2CCCC2)cc1. The van der Waals surface area contributed by atoms with Crippen LogP contribution in [0.5, 0.6) is 0 Å². The monoisotopic (exact) mass is 390 g/mol. The topological polar surface area (TPSA) is 99.2 Å². The second kappa shape index (κ2) is 9.85. The molecule has 0 aromatic heterocycles. The van der Waals surface area contributed by atoms with E-state index in [-0.39, 0.29) is 18.2 Å². The lowest BCUT2D eigenvalue weighted by molar-refractivity contribution is -0.135. The van der Waals surface area contributed by atoms with Gasteiger partial charge in [-0.3, -0.25) is 9.59 Å². The molecule has 0 aliphatic carbocycles. The van der Waals surface area contributed by atoms with Crippen LogP contribution in [0, 0.1) is 11.3 Å². The Morgan fingerprint density at radius 3 is 2.34 bits per heavy atom. The molecule has 1 aliphatic heterocycles. The Hall–Kier alpha value is -3.17. The van der Waals surface area contributed by atoms with E-state index in [1.165, 1.54) is 0 Å². The first-order valence-corrected chi connectivity index (χ1v) is 9.94. The van der Waals surface area contributed by atoms with Crippen LogP contribution >= 0.6 is 0 Å². The molecule has 6 heteroatoms. The molecule has 2 aromatic rings. The standard InChI is InChI=1S/C23H26N4O2/c24-16-18-10-8-17(9-11-18)14-21(23(29)27-12-4-5-13-27)26-22(28)15-20(25)19-6-2-1-3-7-19/h1-3,6-11,20-21H,4-5,12-15,25H2,(H,26,28)/t20-,21-/m1/s1. The molecule has 1 aliphatic rings. The van der Waals surface area contributed by atoms with Gasteiger partial charge in [0.1, 0.15) is 6.04 Å². The van der Waals surface area contributed by atoms with E-state index in [2.05, 4.69) is 11.4 Å². The summed E-state index contributed by atoms with van der Waals surface area (Å²) in [4.78, 5) is 27.4. The normalized spacial score (nSPS) is 15.4. The van der Waals surface area contributed by atoms with Crippen LogP contribution in [0.25, 0.3) is 0 Å². The molecule has 2 atom stereocenters. The first-order chi connectivity index (χ1) is 14.1. The highest BCUT2D eigenvalue weighted by molar-refractivity contribution is 5.88. The summed E-state index contributed by atoms with van der Waals surface area (Å²) in [6.45, 7) is 1.45. The second-order valence-corrected chi connectivity index (χ2v) is 7.39. The highest BCUT2D eigenvalue weighted by atomic mass is 16.2. The fraction of sp³-hybridized carbons (Fsp3) is 0.348. The first-order valence-electron chi connectivity index (χ1n) is 9.94. The van der Waals surface area contributed by atoms with Gasteiger partial charge in [-0.1, -0.05) is 42.5 Å². The van der Waals surface area contributed by atoms with E-state index in [4.69, 9.17) is 11.0 Å². The average molecular weight is 390 g/mol. The maximum atomic E-state index is 13.0. The number of benzene rings is 2. The molecule has 6 nitrogen and oxygen atoms in total. The lowest BCUT2D eigenvalue weighted by atomic mass is 10.0. The Labute approximate surface area is 171 Å². The van der Waals surface area contributed by atoms with Crippen LogP contribution < -0.4 is 11.1 Å². The number of rotatable bonds is 7. The minimum absolute atomic E-state index is 0.0616. The Kier molecular flexibility index (Phi) is 6.99. The number of nitrogens with one attached hydrogen (secondary N) is 1. The largest absolute Gasteiger partial charge is 0.344 e. The molecule has 29 heavy (non-hydrogen) atoms. The number of carbonyl (C=O) groups is 2. The Bertz CT molecular complexity index is 868. The fourth-order valence-electron chi connectivity index (χ4n) is 3.58. The Balaban J connectivity index is 1.68. The number of hydrogen-bond acceptors (Lipinski definition) is 4. The molecule has 0 unspecified atom stereocenters. The third-order valence-corrected chi connectivity index (χ3v) is 5.21. The Morgan fingerprint density at radius 1 is 1.07 bits per heavy atom. The number of amides is 2. The van der Waals surface area contributed by atoms with Gasteiger partial charge in [-0.05, 0) is 36.1 Å². The van der Waals surface area contributed by atoms with Gasteiger partial charge in [0, 0.05) is 32.0 Å². The van der Waals surface area contributed by atoms with Gasteiger partial charge < -0.3 is 16.0 Å². The lowest BCUT2D eigenvalue weighted by Gasteiger charge is -2.25. The molecule has 1 fully saturated rings. The molecule has 0 saturated carbocycles. The summed E-state index contributed by atoms with van der Waals surface area (Å²) < 4.78 is 0. The van der Waals surface area contributed by atoms with E-state index in [0.717, 1.165) is 37.1 Å². The first kappa shape index (κ1) is 20.6. The number of nitrogens with two attached hydrogens (primary N) is 1. The summed E-state index contributed by atoms with van der Waals surface area (Å²) in [6, 6.07) is 17.6. The summed E-state index contributed by atoms with van der Waals surface area (Å²) in [5.74, 6) is -0.305. The van der Waals surface area contributed by atoms with Crippen LogP contribution in [-0.2, 0) is 16.0 Å². The summed E-state index contributed by atoms with van der Waals surface area (Å²) in [5, 5.41) is 11.9. The number of carbonyl (C=O) groups excluding carboxylic acids is 2. The van der Waals surface area contributed by atoms with Crippen molar-refractivity contribution < 1.29 is 9.59 Å². The molecule has 0 spiro atoms. The maximum absolute atomic E-state index is 13.0. The van der Waals surface area contributed by atoms with Gasteiger partial charge in [-0.15, -0.1) is 0 Å². The zero-order valence-corrected chi connectivity index (χ0v) is 16.4. The average Bonchev–Trinajstić information content (AvgIpc) is 3.28. The van der Waals surface area contributed by atoms with Crippen LogP contribution in [0.1, 0.15) is 42.0 Å². The number of hydrogen-bond donors (Lipinski definition) is 2. The van der Waals surface area contributed by atoms with Gasteiger partial charge >= 0.3 is 0 Å². The van der Waals surface area contributed by atoms with Crippen molar-refractivity contribution in [3.63, 3.8) is 0 Å². The van der Waals surface area contributed by atoms with E-state index in [1.54, 1.807) is 12.1 Å². The molecular weight excluding hydrogens is 364 g/mol. The molecule has 2 aromatic carbocycles. The van der Waals surface area contributed by atoms with Crippen molar-refractivity contribution in [2.75, 3.05) is 13.1 Å². The minimum Gasteiger partial charge on any atom is -0.344 e. The molecule has 3 N–H and O–H groups in total. The van der Waals surface area contributed by atoms with Crippen LogP contribution in [0.15, 0.2) is 54.6 Å². The van der Waals surface area contributed by atoms with E-state index in [9.17, 15) is 9.59 Å². The highest BCUT2D eigenvalue weighted by Crippen LogP contribution is 2.16. The van der Waals surface area contributed by atoms with Crippen molar-refractivity contribution in [3.05, 3.63) is 71.3 Å². The maximum Gasteiger partial charge on any atom is 0.245 e. The third-order valence-electron chi connectivity index (χ3n) is 5.21. The van der Waals surface area contributed by atoms with E-state index in [0.29, 0.717) is 12.0 Å². The van der Waals surface area contributed by atoms with Gasteiger partial charge in [0.15, 0.2) is 0 Å². The van der Waals surface area contributed by atoms with E-state index < -0.39 is 12.1 Å². The predicted octanol–water partition coefficient (Wildman–Crippen LogP) is 2.30. The molecule has 150 valence electrons. The Morgan fingerprint density at radius 2 is 1.72 bits per heavy atom. The van der Waals surface area contributed by atoms with Gasteiger partial charge in [-0.2, -0.15) is 5.26 Å². The molecule has 2 amide bonds. The van der Waals surface area contributed by atoms with Crippen LogP contribution in [0.3, 0.4) is 0 Å². The zero-order valence-electron chi connectivity index (χ0n) is 16.4. The lowest BCUT2D eigenvalue weighted by Crippen LogP contribution is -2.49. The number of likely N-dealkylation sites (tertiary alicyclic amines) is 1. The van der Waals surface area contributed by atoms with Crippen LogP contribution in [-0.4, -0.2) is 35.8 Å². The van der Waals surface area contributed by atoms with Crippen LogP contribution in [0.4, 0.5) is 0 Å². The summed E-state index contributed by atoms with van der Waals surface area (Å²) >= 11 is 0. The molecule has 1 saturated heterocycles. The molecule has 0 bridgehead atoms. The van der Waals surface area contributed by atoms with Gasteiger partial charge in [0.05, 0.1) is 11.6 Å². The van der Waals surface area contributed by atoms with Gasteiger partial charge in [-0.25, -0.2) is 0 Å². The summed E-state index contributed by atoms with van der Waals surface area (Å²) in [7, 11) is 0. The number of nitriles is 1. The van der Waals surface area contributed by atoms with Gasteiger partial charge in [0.2, 0.25) is 11.8 Å². The third kappa shape index (κ3) is 5.66. The molecule has 3 rings (SSSR count). The quantitative estimate of drug-likeness (QED) is 0.758. The van der Waals surface area contributed by atoms with E-state index >= 15 is 0 Å². The van der Waals surface area contributed by atoms with Crippen molar-refractivity contribution in [1.29, 1.82) is 5.26 Å². The van der Waals surface area contributed by atoms with Gasteiger partial charge in [0.25, 0.3) is 0 Å². The molecule has 1 heterocycles. The fourth-order valence-corrected chi connectivity index (χ4v) is 3.58. The molecular formula is C23H26N4O2. The van der Waals surface area contributed by atoms with Crippen molar-refractivity contribution in [2.24, 2.45) is 5.73 Å². The van der Waals surface area contributed by atoms with Crippen molar-refractivity contribution in [3.8, 4) is 6.07 Å². The summed E-state index contributed by atoms with van der Waals surface area (Å²) in [6.07, 6.45) is 2.47. The van der Waals surface area contributed by atoms with Crippen molar-refractivity contribution in [1.82, 2.24) is 10.2 Å². The smallest absolute Gasteiger partial charge is 0.245 e. The second-order valence-electron chi connectivity index (χ2n) is 7.39. The molecule has 0 radical (unpaired) electrons. The minimum atomic E-state index is -0.642. The highest BCUT2D eigenvalue weighted by Gasteiger charge is 2.28. The van der Waals surface area contributed by atoms with Crippen molar-refractivity contribution in [2.45, 2.75) is 37.8 Å². The number of nitrogens with zero attached hydrogens (tertiary/aromatic N) is 2. The predicted molar refractivity (Wildman–Crippen MR) is 111 cm³/mol. The van der Waals surface area contributed by atoms with E-state index in [1.807, 2.05) is 47.4 Å². The zero-order chi connectivity index (χ0) is 20.6. The summed E-state index contributed by atoms with van der Waals surface area (Å²) in [5.41, 5.74) is 8.52. The van der Waals surface area contributed by atoms with Crippen molar-refractivity contribution >= 4 is 11.8 Å².